The summed E-state index contributed by atoms with van der Waals surface area (Å²) in [5.41, 5.74) is 1.67. The first-order chi connectivity index (χ1) is 12.6. The summed E-state index contributed by atoms with van der Waals surface area (Å²) >= 11 is 0. The maximum absolute atomic E-state index is 12.7. The van der Waals surface area contributed by atoms with Gasteiger partial charge in [-0.25, -0.2) is 4.98 Å². The van der Waals surface area contributed by atoms with E-state index in [9.17, 15) is 14.7 Å². The summed E-state index contributed by atoms with van der Waals surface area (Å²) in [5, 5.41) is 9.89. The van der Waals surface area contributed by atoms with Gasteiger partial charge < -0.3 is 20.0 Å². The van der Waals surface area contributed by atoms with Gasteiger partial charge >= 0.3 is 0 Å². The van der Waals surface area contributed by atoms with Crippen LogP contribution in [0.25, 0.3) is 11.0 Å². The Morgan fingerprint density at radius 3 is 3.00 bits per heavy atom. The zero-order chi connectivity index (χ0) is 18.1. The molecule has 3 aromatic rings. The van der Waals surface area contributed by atoms with E-state index in [4.69, 9.17) is 0 Å². The van der Waals surface area contributed by atoms with Crippen LogP contribution in [0, 0.1) is 5.92 Å². The van der Waals surface area contributed by atoms with Crippen LogP contribution in [0.15, 0.2) is 41.3 Å². The summed E-state index contributed by atoms with van der Waals surface area (Å²) in [6.07, 6.45) is 3.98. The van der Waals surface area contributed by atoms with Gasteiger partial charge in [0.1, 0.15) is 11.6 Å². The maximum Gasteiger partial charge on any atom is 0.259 e. The molecule has 26 heavy (non-hydrogen) atoms. The Morgan fingerprint density at radius 2 is 2.19 bits per heavy atom. The molecule has 1 aliphatic heterocycles. The molecule has 4 rings (SSSR count). The predicted molar refractivity (Wildman–Crippen MR) is 97.2 cm³/mol. The van der Waals surface area contributed by atoms with Crippen LogP contribution in [0.4, 0.5) is 0 Å². The van der Waals surface area contributed by atoms with E-state index in [1.54, 1.807) is 4.90 Å². The van der Waals surface area contributed by atoms with Crippen LogP contribution >= 0.6 is 0 Å². The molecule has 7 heteroatoms. The van der Waals surface area contributed by atoms with Crippen LogP contribution in [0.3, 0.4) is 0 Å². The number of H-pyrrole nitrogens is 2. The van der Waals surface area contributed by atoms with Crippen LogP contribution in [-0.2, 0) is 6.42 Å². The number of piperidine rings is 1. The number of benzene rings is 1. The van der Waals surface area contributed by atoms with Crippen LogP contribution in [0.5, 0.6) is 5.75 Å². The van der Waals surface area contributed by atoms with E-state index in [2.05, 4.69) is 15.0 Å². The molecule has 1 amide bonds. The molecule has 0 radical (unpaired) electrons. The molecule has 1 aromatic carbocycles. The van der Waals surface area contributed by atoms with Gasteiger partial charge in [-0.15, -0.1) is 0 Å². The quantitative estimate of drug-likeness (QED) is 0.671. The molecule has 0 bridgehead atoms. The van der Waals surface area contributed by atoms with E-state index < -0.39 is 5.56 Å². The topological polar surface area (TPSA) is 102 Å². The van der Waals surface area contributed by atoms with Crippen molar-refractivity contribution < 1.29 is 9.90 Å². The zero-order valence-corrected chi connectivity index (χ0v) is 14.2. The van der Waals surface area contributed by atoms with Crippen LogP contribution in [-0.4, -0.2) is 44.0 Å². The van der Waals surface area contributed by atoms with E-state index in [-0.39, 0.29) is 17.2 Å². The third-order valence-corrected chi connectivity index (χ3v) is 4.86. The molecule has 134 valence electrons. The van der Waals surface area contributed by atoms with Gasteiger partial charge in [-0.1, -0.05) is 12.1 Å². The summed E-state index contributed by atoms with van der Waals surface area (Å²) in [5.74, 6) is 0.696. The van der Waals surface area contributed by atoms with Gasteiger partial charge in [-0.05, 0) is 30.9 Å². The molecule has 1 saturated heterocycles. The van der Waals surface area contributed by atoms with Crippen LogP contribution in [0.1, 0.15) is 29.0 Å². The number of imidazole rings is 1. The highest BCUT2D eigenvalue weighted by atomic mass is 16.3. The summed E-state index contributed by atoms with van der Waals surface area (Å²) in [6, 6.07) is 8.95. The number of aromatic amines is 2. The van der Waals surface area contributed by atoms with Crippen LogP contribution < -0.4 is 5.56 Å². The molecule has 0 saturated carbocycles. The Kier molecular flexibility index (Phi) is 4.20. The average molecular weight is 352 g/mol. The Morgan fingerprint density at radius 1 is 1.35 bits per heavy atom. The summed E-state index contributed by atoms with van der Waals surface area (Å²) in [7, 11) is 0. The molecule has 0 unspecified atom stereocenters. The fourth-order valence-corrected chi connectivity index (χ4v) is 3.59. The van der Waals surface area contributed by atoms with Crippen molar-refractivity contribution in [1.82, 2.24) is 19.9 Å². The van der Waals surface area contributed by atoms with Gasteiger partial charge in [0.25, 0.3) is 11.5 Å². The lowest BCUT2D eigenvalue weighted by atomic mass is 9.94. The monoisotopic (exact) mass is 352 g/mol. The highest BCUT2D eigenvalue weighted by molar-refractivity contribution is 5.96. The van der Waals surface area contributed by atoms with Crippen LogP contribution in [0.2, 0.25) is 0 Å². The molecule has 1 aliphatic rings. The van der Waals surface area contributed by atoms with Gasteiger partial charge in [-0.2, -0.15) is 0 Å². The number of likely N-dealkylation sites (tertiary alicyclic amines) is 1. The van der Waals surface area contributed by atoms with Crippen molar-refractivity contribution in [3.05, 3.63) is 58.3 Å². The van der Waals surface area contributed by atoms with Gasteiger partial charge in [0.05, 0.1) is 16.6 Å². The van der Waals surface area contributed by atoms with E-state index in [0.717, 1.165) is 42.2 Å². The molecular formula is C19H20N4O3. The molecule has 3 heterocycles. The van der Waals surface area contributed by atoms with Gasteiger partial charge in [0, 0.05) is 31.8 Å². The number of rotatable bonds is 3. The average Bonchev–Trinajstić information content (AvgIpc) is 3.03. The number of aromatic hydroxyl groups is 1. The lowest BCUT2D eigenvalue weighted by molar-refractivity contribution is 0.0668. The van der Waals surface area contributed by atoms with Crippen molar-refractivity contribution in [3.63, 3.8) is 0 Å². The number of nitrogens with one attached hydrogen (secondary N) is 2. The third kappa shape index (κ3) is 3.20. The summed E-state index contributed by atoms with van der Waals surface area (Å²) < 4.78 is 0. The standard InChI is InChI=1S/C19H20N4O3/c24-16-9-18(25)20-10-13(16)19(26)23-7-3-4-12(11-23)8-17-21-14-5-1-2-6-15(14)22-17/h1-2,5-6,9-10,12H,3-4,7-8,11H2,(H,21,22)(H2,20,24,25)/t12-/m1/s1. The number of carbonyl (C=O) groups excluding carboxylic acids is 1. The molecule has 0 spiro atoms. The molecule has 0 aliphatic carbocycles. The lowest BCUT2D eigenvalue weighted by Gasteiger charge is -2.32. The number of pyridine rings is 1. The molecule has 7 nitrogen and oxygen atoms in total. The van der Waals surface area contributed by atoms with Crippen molar-refractivity contribution in [1.29, 1.82) is 0 Å². The number of aromatic nitrogens is 3. The number of para-hydroxylation sites is 2. The van der Waals surface area contributed by atoms with Gasteiger partial charge in [0.15, 0.2) is 0 Å². The van der Waals surface area contributed by atoms with E-state index in [1.807, 2.05) is 24.3 Å². The fourth-order valence-electron chi connectivity index (χ4n) is 3.59. The molecule has 2 aromatic heterocycles. The Bertz CT molecular complexity index is 974. The first kappa shape index (κ1) is 16.4. The molecular weight excluding hydrogens is 332 g/mol. The smallest absolute Gasteiger partial charge is 0.259 e. The van der Waals surface area contributed by atoms with Crippen molar-refractivity contribution in [2.75, 3.05) is 13.1 Å². The highest BCUT2D eigenvalue weighted by Crippen LogP contribution is 2.24. The first-order valence-corrected chi connectivity index (χ1v) is 8.75. The SMILES string of the molecule is O=C(c1c[nH]c(=O)cc1O)N1CCC[C@H](Cc2nc3ccccc3[nH]2)C1. The number of carbonyl (C=O) groups is 1. The van der Waals surface area contributed by atoms with E-state index in [0.29, 0.717) is 19.0 Å². The largest absolute Gasteiger partial charge is 0.507 e. The number of fused-ring (bicyclic) bond motifs is 1. The summed E-state index contributed by atoms with van der Waals surface area (Å²) in [4.78, 5) is 36.1. The minimum absolute atomic E-state index is 0.133. The molecule has 3 N–H and O–H groups in total. The summed E-state index contributed by atoms with van der Waals surface area (Å²) in [6.45, 7) is 1.25. The number of amides is 1. The Labute approximate surface area is 149 Å². The second-order valence-corrected chi connectivity index (χ2v) is 6.76. The van der Waals surface area contributed by atoms with E-state index >= 15 is 0 Å². The third-order valence-electron chi connectivity index (χ3n) is 4.86. The van der Waals surface area contributed by atoms with Crippen molar-refractivity contribution in [3.8, 4) is 5.75 Å². The van der Waals surface area contributed by atoms with Crippen molar-refractivity contribution in [2.24, 2.45) is 5.92 Å². The second-order valence-electron chi connectivity index (χ2n) is 6.76. The minimum atomic E-state index is -0.430. The normalized spacial score (nSPS) is 17.5. The van der Waals surface area contributed by atoms with Gasteiger partial charge in [0.2, 0.25) is 0 Å². The predicted octanol–water partition coefficient (Wildman–Crippen LogP) is 2.05. The second kappa shape index (κ2) is 6.67. The molecule has 1 fully saturated rings. The van der Waals surface area contributed by atoms with Crippen molar-refractivity contribution in [2.45, 2.75) is 19.3 Å². The van der Waals surface area contributed by atoms with Crippen molar-refractivity contribution >= 4 is 16.9 Å². The number of hydrogen-bond acceptors (Lipinski definition) is 4. The number of hydrogen-bond donors (Lipinski definition) is 3. The van der Waals surface area contributed by atoms with E-state index in [1.165, 1.54) is 6.20 Å². The fraction of sp³-hybridized carbons (Fsp3) is 0.316. The van der Waals surface area contributed by atoms with Gasteiger partial charge in [-0.3, -0.25) is 9.59 Å². The minimum Gasteiger partial charge on any atom is -0.507 e. The number of nitrogens with zero attached hydrogens (tertiary/aromatic N) is 2. The first-order valence-electron chi connectivity index (χ1n) is 8.75. The Hall–Kier alpha value is -3.09. The lowest BCUT2D eigenvalue weighted by Crippen LogP contribution is -2.40. The maximum atomic E-state index is 12.7. The highest BCUT2D eigenvalue weighted by Gasteiger charge is 2.27. The molecule has 1 atom stereocenters. The Balaban J connectivity index is 1.48. The zero-order valence-electron chi connectivity index (χ0n) is 14.2.